The minimum Gasteiger partial charge on any atom is -0.481 e. The van der Waals surface area contributed by atoms with Gasteiger partial charge in [0.05, 0.1) is 43.2 Å². The number of aliphatic hydroxyl groups excluding tert-OH is 1. The van der Waals surface area contributed by atoms with Crippen LogP contribution in [-0.2, 0) is 20.7 Å². The number of aliphatic carboxylic acids is 1. The van der Waals surface area contributed by atoms with Gasteiger partial charge in [-0.2, -0.15) is 0 Å². The Bertz CT molecular complexity index is 1380. The molecule has 3 atom stereocenters. The van der Waals surface area contributed by atoms with Crippen molar-refractivity contribution in [3.8, 4) is 0 Å². The summed E-state index contributed by atoms with van der Waals surface area (Å²) in [5.41, 5.74) is 2.86. The maximum absolute atomic E-state index is 13.6. The summed E-state index contributed by atoms with van der Waals surface area (Å²) in [4.78, 5) is 28.4. The number of halogens is 2. The quantitative estimate of drug-likeness (QED) is 0.268. The van der Waals surface area contributed by atoms with Gasteiger partial charge in [-0.3, -0.25) is 14.5 Å². The van der Waals surface area contributed by atoms with Crippen molar-refractivity contribution in [2.75, 3.05) is 31.7 Å². The third kappa shape index (κ3) is 6.38. The van der Waals surface area contributed by atoms with Gasteiger partial charge >= 0.3 is 5.97 Å². The molecule has 0 saturated carbocycles. The van der Waals surface area contributed by atoms with E-state index in [1.807, 2.05) is 31.3 Å². The maximum atomic E-state index is 13.6. The van der Waals surface area contributed by atoms with Crippen LogP contribution in [0.25, 0.3) is 0 Å². The number of carboxylic acid groups (broad SMARTS) is 1. The minimum atomic E-state index is -0.826. The molecule has 2 N–H and O–H groups in total. The molecule has 0 spiro atoms. The Balaban J connectivity index is 1.25. The zero-order valence-corrected chi connectivity index (χ0v) is 23.6. The zero-order chi connectivity index (χ0) is 29.9. The number of carboxylic acids is 1. The molecule has 5 rings (SSSR count). The molecule has 0 bridgehead atoms. The molecule has 42 heavy (non-hydrogen) atoms. The summed E-state index contributed by atoms with van der Waals surface area (Å²) in [7, 11) is 1.94. The second-order valence-corrected chi connectivity index (χ2v) is 11.4. The van der Waals surface area contributed by atoms with E-state index < -0.39 is 17.6 Å². The van der Waals surface area contributed by atoms with Crippen LogP contribution in [0.4, 0.5) is 14.5 Å². The highest BCUT2D eigenvalue weighted by Gasteiger charge is 2.48. The summed E-state index contributed by atoms with van der Waals surface area (Å²) in [5, 5.41) is 20.0. The summed E-state index contributed by atoms with van der Waals surface area (Å²) in [6.07, 6.45) is 1.69. The Morgan fingerprint density at radius 3 is 2.21 bits per heavy atom. The topological polar surface area (TPSA) is 90.3 Å². The smallest absolute Gasteiger partial charge is 0.305 e. The second-order valence-electron chi connectivity index (χ2n) is 11.4. The summed E-state index contributed by atoms with van der Waals surface area (Å²) in [6.45, 7) is 1.60. The molecule has 2 saturated heterocycles. The van der Waals surface area contributed by atoms with Crippen LogP contribution >= 0.6 is 0 Å². The van der Waals surface area contributed by atoms with Crippen LogP contribution in [0.1, 0.15) is 54.5 Å². The number of aliphatic hydroxyl groups is 1. The number of benzene rings is 3. The van der Waals surface area contributed by atoms with Crippen molar-refractivity contribution in [3.63, 3.8) is 0 Å². The van der Waals surface area contributed by atoms with Crippen LogP contribution in [0.2, 0.25) is 0 Å². The summed E-state index contributed by atoms with van der Waals surface area (Å²) in [6, 6.07) is 19.4. The zero-order valence-electron chi connectivity index (χ0n) is 23.6. The lowest BCUT2D eigenvalue weighted by Gasteiger charge is -2.48. The molecule has 3 unspecified atom stereocenters. The lowest BCUT2D eigenvalue weighted by Crippen LogP contribution is -2.62. The number of hydrogen-bond donors (Lipinski definition) is 2. The average molecular weight is 579 g/mol. The van der Waals surface area contributed by atoms with Crippen molar-refractivity contribution in [2.45, 2.75) is 49.8 Å². The average Bonchev–Trinajstić information content (AvgIpc) is 2.95. The summed E-state index contributed by atoms with van der Waals surface area (Å²) >= 11 is 0. The van der Waals surface area contributed by atoms with Gasteiger partial charge in [-0.15, -0.1) is 0 Å². The molecule has 2 aliphatic heterocycles. The number of carbonyl (C=O) groups is 2. The fraction of sp³-hybridized carbons (Fsp3) is 0.394. The third-order valence-corrected chi connectivity index (χ3v) is 8.64. The van der Waals surface area contributed by atoms with E-state index in [1.165, 1.54) is 24.3 Å². The van der Waals surface area contributed by atoms with Crippen LogP contribution in [0.15, 0.2) is 72.8 Å². The van der Waals surface area contributed by atoms with Crippen molar-refractivity contribution >= 4 is 17.6 Å². The molecule has 0 aliphatic carbocycles. The van der Waals surface area contributed by atoms with Gasteiger partial charge in [-0.05, 0) is 92.4 Å². The number of ether oxygens (including phenoxy) is 1. The van der Waals surface area contributed by atoms with E-state index in [9.17, 15) is 28.6 Å². The van der Waals surface area contributed by atoms with Gasteiger partial charge in [0.15, 0.2) is 0 Å². The van der Waals surface area contributed by atoms with Gasteiger partial charge in [0, 0.05) is 5.69 Å². The van der Waals surface area contributed by atoms with Crippen molar-refractivity contribution in [3.05, 3.63) is 101 Å². The van der Waals surface area contributed by atoms with Crippen molar-refractivity contribution < 1.29 is 33.3 Å². The number of likely N-dealkylation sites (N-methyl/N-ethyl adjacent to an activating group) is 1. The fourth-order valence-electron chi connectivity index (χ4n) is 6.01. The number of hydrogen-bond acceptors (Lipinski definition) is 5. The van der Waals surface area contributed by atoms with Crippen LogP contribution in [0, 0.1) is 17.6 Å². The molecule has 3 aromatic rings. The van der Waals surface area contributed by atoms with E-state index >= 15 is 0 Å². The number of carbonyl (C=O) groups excluding carboxylic acids is 1. The minimum absolute atomic E-state index is 0.0605. The van der Waals surface area contributed by atoms with Crippen molar-refractivity contribution in [1.82, 2.24) is 4.90 Å². The van der Waals surface area contributed by atoms with Crippen molar-refractivity contribution in [1.29, 1.82) is 0 Å². The van der Waals surface area contributed by atoms with E-state index in [4.69, 9.17) is 4.74 Å². The summed E-state index contributed by atoms with van der Waals surface area (Å²) in [5.74, 6) is -2.02. The molecule has 1 amide bonds. The third-order valence-electron chi connectivity index (χ3n) is 8.64. The van der Waals surface area contributed by atoms with Gasteiger partial charge < -0.3 is 19.8 Å². The number of amides is 1. The first-order valence-corrected chi connectivity index (χ1v) is 14.3. The number of β-lactam (4-membered cyclic amide) rings is 1. The van der Waals surface area contributed by atoms with Gasteiger partial charge in [0.2, 0.25) is 5.91 Å². The molecule has 0 aromatic heterocycles. The van der Waals surface area contributed by atoms with Gasteiger partial charge in [-0.1, -0.05) is 36.4 Å². The SMILES string of the molecule is CN(CCCc1ccc(C2C(CCC(O)c3ccc(F)cc3)C(=O)N2c2ccc(F)cc2)cc1)C1(CC(=O)O)COC1. The Morgan fingerprint density at radius 2 is 1.64 bits per heavy atom. The normalized spacial score (nSPS) is 20.2. The molecule has 2 heterocycles. The van der Waals surface area contributed by atoms with Crippen LogP contribution in [-0.4, -0.2) is 59.3 Å². The van der Waals surface area contributed by atoms with Crippen LogP contribution in [0.3, 0.4) is 0 Å². The molecule has 2 aliphatic rings. The predicted octanol–water partition coefficient (Wildman–Crippen LogP) is 5.29. The highest BCUT2D eigenvalue weighted by molar-refractivity contribution is 6.03. The molecular formula is C33H36F2N2O5. The molecule has 9 heteroatoms. The molecular weight excluding hydrogens is 542 g/mol. The second kappa shape index (κ2) is 12.7. The first-order valence-electron chi connectivity index (χ1n) is 14.3. The lowest BCUT2D eigenvalue weighted by atomic mass is 9.78. The Kier molecular flexibility index (Phi) is 9.01. The Morgan fingerprint density at radius 1 is 1.02 bits per heavy atom. The number of anilines is 1. The first-order chi connectivity index (χ1) is 20.2. The molecule has 222 valence electrons. The van der Waals surface area contributed by atoms with Crippen LogP contribution < -0.4 is 4.90 Å². The number of rotatable bonds is 13. The largest absolute Gasteiger partial charge is 0.481 e. The predicted molar refractivity (Wildman–Crippen MR) is 154 cm³/mol. The van der Waals surface area contributed by atoms with E-state index in [-0.39, 0.29) is 35.9 Å². The molecule has 7 nitrogen and oxygen atoms in total. The monoisotopic (exact) mass is 578 g/mol. The van der Waals surface area contributed by atoms with Gasteiger partial charge in [0.25, 0.3) is 0 Å². The fourth-order valence-corrected chi connectivity index (χ4v) is 6.01. The van der Waals surface area contributed by atoms with Gasteiger partial charge in [0.1, 0.15) is 11.6 Å². The summed E-state index contributed by atoms with van der Waals surface area (Å²) < 4.78 is 32.2. The maximum Gasteiger partial charge on any atom is 0.305 e. The van der Waals surface area contributed by atoms with E-state index in [0.29, 0.717) is 37.3 Å². The highest BCUT2D eigenvalue weighted by Crippen LogP contribution is 2.46. The Labute approximate surface area is 244 Å². The van der Waals surface area contributed by atoms with Crippen molar-refractivity contribution in [2.24, 2.45) is 5.92 Å². The molecule has 3 aromatic carbocycles. The Hall–Kier alpha value is -3.66. The first kappa shape index (κ1) is 29.8. The number of aryl methyl sites for hydroxylation is 1. The standard InChI is InChI=1S/C33H36F2N2O5/c1-36(33(19-30(39)40)20-42-21-33)18-2-3-22-4-6-24(7-5-22)31-28(16-17-29(38)23-8-10-25(34)11-9-23)32(41)37(31)27-14-12-26(35)13-15-27/h4-15,28-29,31,38H,2-3,16-21H2,1H3,(H,39,40). The lowest BCUT2D eigenvalue weighted by molar-refractivity contribution is -0.162. The highest BCUT2D eigenvalue weighted by atomic mass is 19.1. The molecule has 2 fully saturated rings. The van der Waals surface area contributed by atoms with Crippen LogP contribution in [0.5, 0.6) is 0 Å². The number of nitrogens with zero attached hydrogens (tertiary/aromatic N) is 2. The van der Waals surface area contributed by atoms with E-state index in [0.717, 1.165) is 30.5 Å². The molecule has 0 radical (unpaired) electrons. The van der Waals surface area contributed by atoms with E-state index in [1.54, 1.807) is 29.2 Å². The van der Waals surface area contributed by atoms with Gasteiger partial charge in [-0.25, -0.2) is 8.78 Å². The van der Waals surface area contributed by atoms with E-state index in [2.05, 4.69) is 4.90 Å².